The molecular weight excluding hydrogens is 354 g/mol. The predicted octanol–water partition coefficient (Wildman–Crippen LogP) is 4.77. The first-order valence-electron chi connectivity index (χ1n) is 8.29. The third-order valence-electron chi connectivity index (χ3n) is 3.84. The quantitative estimate of drug-likeness (QED) is 0.389. The molecule has 1 amide bonds. The molecule has 0 atom stereocenters. The van der Waals surface area contributed by atoms with Crippen LogP contribution in [-0.2, 0) is 4.79 Å². The van der Waals surface area contributed by atoms with E-state index in [0.717, 1.165) is 36.8 Å². The van der Waals surface area contributed by atoms with Crippen molar-refractivity contribution < 1.29 is 14.7 Å². The summed E-state index contributed by atoms with van der Waals surface area (Å²) in [5, 5.41) is 11.6. The first-order chi connectivity index (χ1) is 12.0. The summed E-state index contributed by atoms with van der Waals surface area (Å²) in [5.74, 6) is -1.08. The predicted molar refractivity (Wildman–Crippen MR) is 107 cm³/mol. The summed E-state index contributed by atoms with van der Waals surface area (Å²) in [5.41, 5.74) is 2.12. The van der Waals surface area contributed by atoms with Gasteiger partial charge in [-0.15, -0.1) is 0 Å². The van der Waals surface area contributed by atoms with Crippen LogP contribution < -0.4 is 5.32 Å². The highest BCUT2D eigenvalue weighted by Crippen LogP contribution is 2.30. The minimum absolute atomic E-state index is 0.133. The number of carboxylic acids is 1. The number of benzene rings is 1. The number of carboxylic acid groups (broad SMARTS) is 1. The lowest BCUT2D eigenvalue weighted by atomic mass is 10.0. The Labute approximate surface area is 157 Å². The molecule has 4 nitrogen and oxygen atoms in total. The van der Waals surface area contributed by atoms with Crippen molar-refractivity contribution in [2.75, 3.05) is 0 Å². The molecule has 0 spiro atoms. The Hall–Kier alpha value is -1.92. The highest BCUT2D eigenvalue weighted by Gasteiger charge is 2.24. The highest BCUT2D eigenvalue weighted by atomic mass is 32.2. The number of carbonyl (C=O) groups is 2. The molecule has 25 heavy (non-hydrogen) atoms. The van der Waals surface area contributed by atoms with Crippen LogP contribution in [0.25, 0.3) is 6.08 Å². The van der Waals surface area contributed by atoms with Gasteiger partial charge in [-0.2, -0.15) is 0 Å². The van der Waals surface area contributed by atoms with Crippen LogP contribution in [0.3, 0.4) is 0 Å². The average Bonchev–Trinajstić information content (AvgIpc) is 2.93. The van der Waals surface area contributed by atoms with Crippen molar-refractivity contribution in [3.63, 3.8) is 0 Å². The molecule has 1 aliphatic heterocycles. The first-order valence-corrected chi connectivity index (χ1v) is 9.51. The van der Waals surface area contributed by atoms with Gasteiger partial charge in [0, 0.05) is 0 Å². The van der Waals surface area contributed by atoms with E-state index < -0.39 is 5.97 Å². The standard InChI is InChI=1S/C19H21NO3S2/c1-2-3-4-5-6-14(16-17(21)20-19(24)25-16)10-7-13-8-11-15(12-9-13)18(22)23/h7-12H,2-6H2,1H3,(H,22,23)(H,20,21,24). The second-order valence-electron chi connectivity index (χ2n) is 5.77. The fraction of sp³-hybridized carbons (Fsp3) is 0.316. The molecular formula is C19H21NO3S2. The third kappa shape index (κ3) is 5.83. The van der Waals surface area contributed by atoms with Crippen molar-refractivity contribution in [3.05, 3.63) is 51.9 Å². The van der Waals surface area contributed by atoms with Gasteiger partial charge < -0.3 is 10.4 Å². The molecule has 0 radical (unpaired) electrons. The van der Waals surface area contributed by atoms with Gasteiger partial charge in [0.25, 0.3) is 5.91 Å². The summed E-state index contributed by atoms with van der Waals surface area (Å²) in [6.07, 6.45) is 9.17. The summed E-state index contributed by atoms with van der Waals surface area (Å²) in [6.45, 7) is 2.17. The Morgan fingerprint density at radius 2 is 1.96 bits per heavy atom. The Morgan fingerprint density at radius 3 is 2.52 bits per heavy atom. The number of rotatable bonds is 8. The van der Waals surface area contributed by atoms with Crippen LogP contribution in [0, 0.1) is 0 Å². The van der Waals surface area contributed by atoms with Crippen LogP contribution >= 0.6 is 24.0 Å². The van der Waals surface area contributed by atoms with Gasteiger partial charge in [-0.05, 0) is 36.1 Å². The molecule has 132 valence electrons. The van der Waals surface area contributed by atoms with Gasteiger partial charge in [-0.1, -0.05) is 74.5 Å². The summed E-state index contributed by atoms with van der Waals surface area (Å²) >= 11 is 6.39. The first kappa shape index (κ1) is 19.4. The summed E-state index contributed by atoms with van der Waals surface area (Å²) in [6, 6.07) is 6.65. The SMILES string of the molecule is CCCCCCC(C=Cc1ccc(C(=O)O)cc1)=C1SC(=S)NC1=O. The molecule has 0 bridgehead atoms. The zero-order valence-electron chi connectivity index (χ0n) is 14.1. The van der Waals surface area contributed by atoms with Gasteiger partial charge in [0.1, 0.15) is 4.32 Å². The molecule has 2 rings (SSSR count). The molecule has 1 aromatic carbocycles. The zero-order chi connectivity index (χ0) is 18.2. The monoisotopic (exact) mass is 375 g/mol. The fourth-order valence-corrected chi connectivity index (χ4v) is 3.59. The van der Waals surface area contributed by atoms with Crippen molar-refractivity contribution >= 4 is 46.3 Å². The number of thioether (sulfide) groups is 1. The van der Waals surface area contributed by atoms with Crippen molar-refractivity contribution in [2.45, 2.75) is 39.0 Å². The molecule has 1 aliphatic rings. The van der Waals surface area contributed by atoms with Crippen molar-refractivity contribution in [1.29, 1.82) is 0 Å². The van der Waals surface area contributed by atoms with Gasteiger partial charge in [0.2, 0.25) is 0 Å². The number of carbonyl (C=O) groups excluding carboxylic acids is 1. The van der Waals surface area contributed by atoms with Crippen molar-refractivity contribution in [2.24, 2.45) is 0 Å². The summed E-state index contributed by atoms with van der Waals surface area (Å²) in [4.78, 5) is 23.6. The number of allylic oxidation sites excluding steroid dienone is 2. The van der Waals surface area contributed by atoms with E-state index in [1.165, 1.54) is 18.2 Å². The third-order valence-corrected chi connectivity index (χ3v) is 5.13. The van der Waals surface area contributed by atoms with Crippen LogP contribution in [0.4, 0.5) is 0 Å². The molecule has 0 saturated carbocycles. The van der Waals surface area contributed by atoms with Crippen LogP contribution in [-0.4, -0.2) is 21.3 Å². The molecule has 0 unspecified atom stereocenters. The van der Waals surface area contributed by atoms with Gasteiger partial charge in [0.15, 0.2) is 0 Å². The number of unbranched alkanes of at least 4 members (excludes halogenated alkanes) is 3. The fourth-order valence-electron chi connectivity index (χ4n) is 2.47. The van der Waals surface area contributed by atoms with Crippen LogP contribution in [0.5, 0.6) is 0 Å². The number of aromatic carboxylic acids is 1. The number of hydrogen-bond acceptors (Lipinski definition) is 4. The molecule has 2 N–H and O–H groups in total. The maximum absolute atomic E-state index is 12.1. The van der Waals surface area contributed by atoms with E-state index in [1.54, 1.807) is 24.3 Å². The number of hydrogen-bond donors (Lipinski definition) is 2. The van der Waals surface area contributed by atoms with E-state index in [2.05, 4.69) is 12.2 Å². The maximum Gasteiger partial charge on any atom is 0.335 e. The number of amides is 1. The van der Waals surface area contributed by atoms with Gasteiger partial charge in [0.05, 0.1) is 10.5 Å². The normalized spacial score (nSPS) is 16.4. The lowest BCUT2D eigenvalue weighted by molar-refractivity contribution is -0.115. The van der Waals surface area contributed by atoms with E-state index in [0.29, 0.717) is 9.23 Å². The van der Waals surface area contributed by atoms with Gasteiger partial charge >= 0.3 is 5.97 Å². The molecule has 6 heteroatoms. The van der Waals surface area contributed by atoms with Gasteiger partial charge in [-0.3, -0.25) is 4.79 Å². The second kappa shape index (κ2) is 9.53. The smallest absolute Gasteiger partial charge is 0.335 e. The zero-order valence-corrected chi connectivity index (χ0v) is 15.7. The average molecular weight is 376 g/mol. The Bertz CT molecular complexity index is 721. The van der Waals surface area contributed by atoms with Crippen LogP contribution in [0.1, 0.15) is 54.9 Å². The number of thiocarbonyl (C=S) groups is 1. The maximum atomic E-state index is 12.1. The summed E-state index contributed by atoms with van der Waals surface area (Å²) in [7, 11) is 0. The second-order valence-corrected chi connectivity index (χ2v) is 7.46. The van der Waals surface area contributed by atoms with E-state index in [9.17, 15) is 9.59 Å². The minimum atomic E-state index is -0.943. The van der Waals surface area contributed by atoms with Crippen molar-refractivity contribution in [3.8, 4) is 0 Å². The lowest BCUT2D eigenvalue weighted by Gasteiger charge is -2.05. The van der Waals surface area contributed by atoms with E-state index in [4.69, 9.17) is 17.3 Å². The molecule has 1 aromatic rings. The van der Waals surface area contributed by atoms with E-state index in [-0.39, 0.29) is 11.5 Å². The molecule has 0 aromatic heterocycles. The van der Waals surface area contributed by atoms with E-state index >= 15 is 0 Å². The summed E-state index contributed by atoms with van der Waals surface area (Å²) < 4.78 is 0.491. The molecule has 0 aliphatic carbocycles. The van der Waals surface area contributed by atoms with Crippen molar-refractivity contribution in [1.82, 2.24) is 5.32 Å². The van der Waals surface area contributed by atoms with Crippen LogP contribution in [0.2, 0.25) is 0 Å². The Morgan fingerprint density at radius 1 is 1.24 bits per heavy atom. The number of nitrogens with one attached hydrogen (secondary N) is 1. The molecule has 1 saturated heterocycles. The Balaban J connectivity index is 2.17. The lowest BCUT2D eigenvalue weighted by Crippen LogP contribution is -2.18. The Kier molecular flexibility index (Phi) is 7.40. The minimum Gasteiger partial charge on any atom is -0.478 e. The topological polar surface area (TPSA) is 66.4 Å². The van der Waals surface area contributed by atoms with E-state index in [1.807, 2.05) is 12.2 Å². The molecule has 1 fully saturated rings. The largest absolute Gasteiger partial charge is 0.478 e. The highest BCUT2D eigenvalue weighted by molar-refractivity contribution is 8.26. The van der Waals surface area contributed by atoms with Gasteiger partial charge in [-0.25, -0.2) is 4.79 Å². The van der Waals surface area contributed by atoms with Crippen LogP contribution in [0.15, 0.2) is 40.8 Å². The molecule has 1 heterocycles.